The van der Waals surface area contributed by atoms with Crippen LogP contribution < -0.4 is 10.5 Å². The predicted molar refractivity (Wildman–Crippen MR) is 157 cm³/mol. The van der Waals surface area contributed by atoms with Crippen LogP contribution in [0.1, 0.15) is 61.9 Å². The first-order valence-electron chi connectivity index (χ1n) is 13.1. The van der Waals surface area contributed by atoms with Crippen molar-refractivity contribution in [3.63, 3.8) is 0 Å². The van der Waals surface area contributed by atoms with Crippen molar-refractivity contribution in [3.8, 4) is 6.07 Å². The van der Waals surface area contributed by atoms with Crippen LogP contribution in [-0.2, 0) is 20.9 Å². The molecular weight excluding hydrogens is 532 g/mol. The smallest absolute Gasteiger partial charge is 0.309 e. The number of anilines is 1. The highest BCUT2D eigenvalue weighted by molar-refractivity contribution is 8.26. The van der Waals surface area contributed by atoms with Crippen molar-refractivity contribution < 1.29 is 14.3 Å². The third-order valence-corrected chi connectivity index (χ3v) is 8.68. The number of amides is 1. The largest absolute Gasteiger partial charge is 0.466 e. The number of hydrogen-bond donors (Lipinski definition) is 0. The van der Waals surface area contributed by atoms with E-state index in [1.54, 1.807) is 29.4 Å². The maximum atomic E-state index is 13.6. The van der Waals surface area contributed by atoms with Crippen molar-refractivity contribution in [1.82, 2.24) is 9.47 Å². The summed E-state index contributed by atoms with van der Waals surface area (Å²) in [6.45, 7) is 9.12. The number of pyridine rings is 1. The molecule has 1 unspecified atom stereocenters. The molecule has 8 nitrogen and oxygen atoms in total. The molecule has 0 radical (unpaired) electrons. The summed E-state index contributed by atoms with van der Waals surface area (Å²) in [5.41, 5.74) is 1.85. The first-order chi connectivity index (χ1) is 18.7. The van der Waals surface area contributed by atoms with Crippen LogP contribution in [-0.4, -0.2) is 45.4 Å². The molecule has 1 atom stereocenters. The first-order valence-corrected chi connectivity index (χ1v) is 14.4. The van der Waals surface area contributed by atoms with Crippen molar-refractivity contribution in [3.05, 3.63) is 67.8 Å². The number of carbonyl (C=O) groups excluding carboxylic acids is 2. The van der Waals surface area contributed by atoms with E-state index in [2.05, 4.69) is 11.0 Å². The average Bonchev–Trinajstić information content (AvgIpc) is 3.22. The van der Waals surface area contributed by atoms with Gasteiger partial charge in [-0.2, -0.15) is 5.26 Å². The fourth-order valence-corrected chi connectivity index (χ4v) is 6.59. The minimum Gasteiger partial charge on any atom is -0.466 e. The van der Waals surface area contributed by atoms with E-state index in [9.17, 15) is 19.6 Å². The lowest BCUT2D eigenvalue weighted by atomic mass is 9.95. The number of aromatic nitrogens is 1. The van der Waals surface area contributed by atoms with E-state index in [0.717, 1.165) is 5.56 Å². The molecule has 0 saturated carbocycles. The fraction of sp³-hybridized carbons (Fsp3) is 0.414. The highest BCUT2D eigenvalue weighted by atomic mass is 32.2. The number of nitrogens with zero attached hydrogens (tertiary/aromatic N) is 4. The number of hydrogen-bond acceptors (Lipinski definition) is 8. The molecule has 1 aromatic heterocycles. The van der Waals surface area contributed by atoms with Crippen molar-refractivity contribution in [2.75, 3.05) is 24.6 Å². The SMILES string of the molecule is CCOC(=O)C1CCN(c2c(/C=C3/SC(=S)N(C(C)c4ccccc4)C3=O)c(C)c(C#N)c(=O)n2CC)CC1. The number of thioether (sulfide) groups is 1. The number of piperidine rings is 1. The summed E-state index contributed by atoms with van der Waals surface area (Å²) in [7, 11) is 0. The summed E-state index contributed by atoms with van der Waals surface area (Å²) in [5.74, 6) is 0.0577. The second-order valence-electron chi connectivity index (χ2n) is 9.55. The number of benzene rings is 1. The van der Waals surface area contributed by atoms with Crippen LogP contribution in [0.4, 0.5) is 5.82 Å². The highest BCUT2D eigenvalue weighted by Gasteiger charge is 2.37. The zero-order chi connectivity index (χ0) is 28.3. The topological polar surface area (TPSA) is 95.6 Å². The van der Waals surface area contributed by atoms with E-state index in [0.29, 0.717) is 65.3 Å². The van der Waals surface area contributed by atoms with Crippen LogP contribution in [0.3, 0.4) is 0 Å². The van der Waals surface area contributed by atoms with Gasteiger partial charge in [0.05, 0.1) is 23.5 Å². The number of nitriles is 1. The number of esters is 1. The Morgan fingerprint density at radius 3 is 2.49 bits per heavy atom. The van der Waals surface area contributed by atoms with Gasteiger partial charge in [0.2, 0.25) is 0 Å². The molecule has 2 aliphatic heterocycles. The number of carbonyl (C=O) groups is 2. The normalized spacial score (nSPS) is 18.0. The van der Waals surface area contributed by atoms with Gasteiger partial charge >= 0.3 is 5.97 Å². The molecule has 0 spiro atoms. The molecule has 2 aromatic rings. The molecule has 1 aromatic carbocycles. The molecule has 204 valence electrons. The van der Waals surface area contributed by atoms with Crippen molar-refractivity contribution >= 4 is 52.1 Å². The van der Waals surface area contributed by atoms with Gasteiger partial charge < -0.3 is 9.64 Å². The number of ether oxygens (including phenoxy) is 1. The lowest BCUT2D eigenvalue weighted by Gasteiger charge is -2.35. The van der Waals surface area contributed by atoms with Gasteiger partial charge in [0.15, 0.2) is 0 Å². The van der Waals surface area contributed by atoms with Crippen LogP contribution in [0.15, 0.2) is 40.0 Å². The second-order valence-corrected chi connectivity index (χ2v) is 11.2. The monoisotopic (exact) mass is 564 g/mol. The Kier molecular flexibility index (Phi) is 8.93. The Balaban J connectivity index is 1.76. The summed E-state index contributed by atoms with van der Waals surface area (Å²) < 4.78 is 7.27. The summed E-state index contributed by atoms with van der Waals surface area (Å²) in [5, 5.41) is 9.84. The van der Waals surface area contributed by atoms with Gasteiger partial charge in [-0.1, -0.05) is 54.3 Å². The van der Waals surface area contributed by atoms with Crippen molar-refractivity contribution in [1.29, 1.82) is 5.26 Å². The molecule has 0 N–H and O–H groups in total. The summed E-state index contributed by atoms with van der Waals surface area (Å²) >= 11 is 6.84. The van der Waals surface area contributed by atoms with E-state index in [1.165, 1.54) is 11.8 Å². The summed E-state index contributed by atoms with van der Waals surface area (Å²) in [4.78, 5) is 43.4. The molecule has 3 heterocycles. The molecule has 10 heteroatoms. The summed E-state index contributed by atoms with van der Waals surface area (Å²) in [6, 6.07) is 11.5. The van der Waals surface area contributed by atoms with E-state index < -0.39 is 0 Å². The van der Waals surface area contributed by atoms with Gasteiger partial charge in [-0.25, -0.2) is 0 Å². The van der Waals surface area contributed by atoms with E-state index in [-0.39, 0.29) is 35.0 Å². The fourth-order valence-electron chi connectivity index (χ4n) is 5.19. The van der Waals surface area contributed by atoms with E-state index in [1.807, 2.05) is 44.2 Å². The molecule has 2 aliphatic rings. The van der Waals surface area contributed by atoms with Gasteiger partial charge in [0.25, 0.3) is 11.5 Å². The molecular formula is C29H32N4O4S2. The Morgan fingerprint density at radius 2 is 1.90 bits per heavy atom. The molecule has 2 saturated heterocycles. The Bertz CT molecular complexity index is 1420. The van der Waals surface area contributed by atoms with Crippen molar-refractivity contribution in [2.24, 2.45) is 5.92 Å². The van der Waals surface area contributed by atoms with Gasteiger partial charge in [-0.3, -0.25) is 23.9 Å². The molecule has 0 aliphatic carbocycles. The van der Waals surface area contributed by atoms with Crippen LogP contribution in [0.2, 0.25) is 0 Å². The maximum Gasteiger partial charge on any atom is 0.309 e. The lowest BCUT2D eigenvalue weighted by molar-refractivity contribution is -0.148. The Labute approximate surface area is 238 Å². The first kappa shape index (κ1) is 28.6. The van der Waals surface area contributed by atoms with E-state index in [4.69, 9.17) is 17.0 Å². The predicted octanol–water partition coefficient (Wildman–Crippen LogP) is 4.79. The molecule has 1 amide bonds. The average molecular weight is 565 g/mol. The Hall–Kier alpha value is -3.42. The van der Waals surface area contributed by atoms with Gasteiger partial charge in [-0.15, -0.1) is 0 Å². The lowest BCUT2D eigenvalue weighted by Crippen LogP contribution is -2.41. The second kappa shape index (κ2) is 12.2. The maximum absolute atomic E-state index is 13.6. The third kappa shape index (κ3) is 5.52. The highest BCUT2D eigenvalue weighted by Crippen LogP contribution is 2.40. The van der Waals surface area contributed by atoms with Crippen molar-refractivity contribution in [2.45, 2.75) is 53.1 Å². The summed E-state index contributed by atoms with van der Waals surface area (Å²) in [6.07, 6.45) is 2.95. The zero-order valence-corrected chi connectivity index (χ0v) is 24.2. The van der Waals surface area contributed by atoms with E-state index >= 15 is 0 Å². The van der Waals surface area contributed by atoms with Gasteiger partial charge in [0.1, 0.15) is 21.8 Å². The van der Waals surface area contributed by atoms with Gasteiger partial charge in [-0.05, 0) is 57.7 Å². The van der Waals surface area contributed by atoms with Crippen LogP contribution in [0, 0.1) is 24.2 Å². The molecule has 2 fully saturated rings. The van der Waals surface area contributed by atoms with Gasteiger partial charge in [0, 0.05) is 25.2 Å². The van der Waals surface area contributed by atoms with Crippen LogP contribution in [0.25, 0.3) is 6.08 Å². The minimum atomic E-state index is -0.359. The standard InChI is InChI=1S/C29H32N4O4S2/c1-5-32-25(31-14-12-21(13-15-31)28(36)37-6-2)22(18(3)23(17-30)26(32)34)16-24-27(35)33(29(38)39-24)19(4)20-10-8-7-9-11-20/h7-11,16,19,21H,5-6,12-15H2,1-4H3/b24-16+. The number of thiocarbonyl (C=S) groups is 1. The zero-order valence-electron chi connectivity index (χ0n) is 22.6. The molecule has 4 rings (SSSR count). The van der Waals surface area contributed by atoms with Crippen LogP contribution >= 0.6 is 24.0 Å². The third-order valence-electron chi connectivity index (χ3n) is 7.35. The molecule has 39 heavy (non-hydrogen) atoms. The molecule has 0 bridgehead atoms. The minimum absolute atomic E-state index is 0.0568. The number of rotatable bonds is 7. The Morgan fingerprint density at radius 1 is 1.23 bits per heavy atom. The van der Waals surface area contributed by atoms with Crippen LogP contribution in [0.5, 0.6) is 0 Å². The quantitative estimate of drug-likeness (QED) is 0.269.